The number of rotatable bonds is 4. The van der Waals surface area contributed by atoms with Gasteiger partial charge in [-0.15, -0.1) is 0 Å². The second-order valence-corrected chi connectivity index (χ2v) is 9.30. The van der Waals surface area contributed by atoms with Crippen molar-refractivity contribution < 1.29 is 13.2 Å². The van der Waals surface area contributed by atoms with E-state index < -0.39 is 9.84 Å². The van der Waals surface area contributed by atoms with Gasteiger partial charge in [0.25, 0.3) is 5.91 Å². The molecule has 2 fully saturated rings. The molecule has 1 amide bonds. The molecular weight excluding hydrogens is 322 g/mol. The summed E-state index contributed by atoms with van der Waals surface area (Å²) in [5.41, 5.74) is 1.79. The third-order valence-corrected chi connectivity index (χ3v) is 7.18. The van der Waals surface area contributed by atoms with Gasteiger partial charge < -0.3 is 4.90 Å². The lowest BCUT2D eigenvalue weighted by Gasteiger charge is -2.38. The average Bonchev–Trinajstić information content (AvgIpc) is 2.95. The highest BCUT2D eigenvalue weighted by atomic mass is 32.2. The summed E-state index contributed by atoms with van der Waals surface area (Å²) in [6.45, 7) is 2.05. The molecule has 132 valence electrons. The van der Waals surface area contributed by atoms with Crippen molar-refractivity contribution in [1.29, 1.82) is 0 Å². The van der Waals surface area contributed by atoms with Gasteiger partial charge in [0.1, 0.15) is 0 Å². The van der Waals surface area contributed by atoms with Gasteiger partial charge in [0.15, 0.2) is 9.84 Å². The predicted molar refractivity (Wildman–Crippen MR) is 95.9 cm³/mol. The molecule has 1 aromatic rings. The van der Waals surface area contributed by atoms with E-state index >= 15 is 0 Å². The Balaban J connectivity index is 1.93. The van der Waals surface area contributed by atoms with E-state index in [1.54, 1.807) is 0 Å². The molecule has 1 aromatic carbocycles. The zero-order valence-electron chi connectivity index (χ0n) is 14.4. The number of nitrogens with zero attached hydrogens (tertiary/aromatic N) is 1. The van der Waals surface area contributed by atoms with Crippen LogP contribution < -0.4 is 0 Å². The summed E-state index contributed by atoms with van der Waals surface area (Å²) in [5.74, 6) is 0.370. The van der Waals surface area contributed by atoms with Crippen LogP contribution >= 0.6 is 0 Å². The van der Waals surface area contributed by atoms with Crippen LogP contribution in [0.5, 0.6) is 0 Å². The van der Waals surface area contributed by atoms with E-state index in [0.29, 0.717) is 6.42 Å². The number of benzene rings is 1. The second-order valence-electron chi connectivity index (χ2n) is 7.07. The van der Waals surface area contributed by atoms with Crippen molar-refractivity contribution in [2.24, 2.45) is 0 Å². The minimum atomic E-state index is -3.00. The van der Waals surface area contributed by atoms with Gasteiger partial charge in [-0.25, -0.2) is 8.42 Å². The van der Waals surface area contributed by atoms with Crippen molar-refractivity contribution in [2.45, 2.75) is 64.0 Å². The molecule has 1 heterocycles. The van der Waals surface area contributed by atoms with Gasteiger partial charge in [0.05, 0.1) is 11.5 Å². The van der Waals surface area contributed by atoms with Crippen LogP contribution in [0, 0.1) is 0 Å². The van der Waals surface area contributed by atoms with Crippen LogP contribution in [0.1, 0.15) is 61.4 Å². The molecule has 0 N–H and O–H groups in total. The molecule has 24 heavy (non-hydrogen) atoms. The van der Waals surface area contributed by atoms with Crippen molar-refractivity contribution >= 4 is 15.7 Å². The maximum Gasteiger partial charge on any atom is 0.254 e. The summed E-state index contributed by atoms with van der Waals surface area (Å²) in [7, 11) is -3.00. The molecule has 0 bridgehead atoms. The van der Waals surface area contributed by atoms with E-state index in [-0.39, 0.29) is 29.5 Å². The van der Waals surface area contributed by atoms with Crippen molar-refractivity contribution in [2.75, 3.05) is 11.5 Å². The van der Waals surface area contributed by atoms with Gasteiger partial charge in [-0.2, -0.15) is 0 Å². The molecule has 1 aliphatic carbocycles. The molecule has 1 saturated carbocycles. The molecule has 1 unspecified atom stereocenters. The standard InChI is InChI=1S/C19H27NO3S/c1-2-15-8-6-7-11-18(15)19(21)20(16-9-4-3-5-10-16)17-12-13-24(22,23)14-17/h6-8,11,16-17H,2-5,9-10,12-14H2,1H3. The highest BCUT2D eigenvalue weighted by molar-refractivity contribution is 7.91. The number of carbonyl (C=O) groups is 1. The van der Waals surface area contributed by atoms with E-state index in [2.05, 4.69) is 6.92 Å². The van der Waals surface area contributed by atoms with E-state index in [1.807, 2.05) is 29.2 Å². The summed E-state index contributed by atoms with van der Waals surface area (Å²) in [6.07, 6.45) is 6.86. The number of amides is 1. The van der Waals surface area contributed by atoms with Crippen LogP contribution in [0.2, 0.25) is 0 Å². The summed E-state index contributed by atoms with van der Waals surface area (Å²) in [6, 6.07) is 7.78. The first-order chi connectivity index (χ1) is 11.5. The minimum absolute atomic E-state index is 0.0291. The van der Waals surface area contributed by atoms with Crippen LogP contribution in [-0.2, 0) is 16.3 Å². The maximum absolute atomic E-state index is 13.4. The number of carbonyl (C=O) groups excluding carboxylic acids is 1. The zero-order chi connectivity index (χ0) is 17.2. The lowest BCUT2D eigenvalue weighted by Crippen LogP contribution is -2.48. The topological polar surface area (TPSA) is 54.5 Å². The van der Waals surface area contributed by atoms with E-state index in [4.69, 9.17) is 0 Å². The van der Waals surface area contributed by atoms with Crippen LogP contribution in [0.25, 0.3) is 0 Å². The normalized spacial score (nSPS) is 24.0. The fourth-order valence-corrected chi connectivity index (χ4v) is 5.87. The highest BCUT2D eigenvalue weighted by Gasteiger charge is 2.39. The van der Waals surface area contributed by atoms with Gasteiger partial charge in [-0.1, -0.05) is 44.4 Å². The molecule has 3 rings (SSSR count). The maximum atomic E-state index is 13.4. The molecule has 4 nitrogen and oxygen atoms in total. The number of aryl methyl sites for hydroxylation is 1. The Kier molecular flexibility index (Phi) is 5.28. The first kappa shape index (κ1) is 17.5. The van der Waals surface area contributed by atoms with Gasteiger partial charge in [0.2, 0.25) is 0 Å². The summed E-state index contributed by atoms with van der Waals surface area (Å²) >= 11 is 0. The Labute approximate surface area is 145 Å². The molecule has 1 saturated heterocycles. The SMILES string of the molecule is CCc1ccccc1C(=O)N(C1CCCCC1)C1CCS(=O)(=O)C1. The van der Waals surface area contributed by atoms with Crippen LogP contribution in [0.4, 0.5) is 0 Å². The molecule has 2 aliphatic rings. The quantitative estimate of drug-likeness (QED) is 0.839. The predicted octanol–water partition coefficient (Wildman–Crippen LogP) is 3.21. The highest BCUT2D eigenvalue weighted by Crippen LogP contribution is 2.30. The van der Waals surface area contributed by atoms with E-state index in [0.717, 1.165) is 43.2 Å². The Morgan fingerprint density at radius 3 is 2.42 bits per heavy atom. The van der Waals surface area contributed by atoms with Crippen molar-refractivity contribution in [3.63, 3.8) is 0 Å². The molecule has 0 radical (unpaired) electrons. The van der Waals surface area contributed by atoms with Gasteiger partial charge in [-0.3, -0.25) is 4.79 Å². The third kappa shape index (κ3) is 3.66. The average molecular weight is 349 g/mol. The Morgan fingerprint density at radius 1 is 1.08 bits per heavy atom. The summed E-state index contributed by atoms with van der Waals surface area (Å²) in [5, 5.41) is 0. The fraction of sp³-hybridized carbons (Fsp3) is 0.632. The van der Waals surface area contributed by atoms with Gasteiger partial charge in [0, 0.05) is 17.6 Å². The molecule has 5 heteroatoms. The molecular formula is C19H27NO3S. The second kappa shape index (κ2) is 7.26. The molecule has 0 spiro atoms. The number of hydrogen-bond acceptors (Lipinski definition) is 3. The smallest absolute Gasteiger partial charge is 0.254 e. The van der Waals surface area contributed by atoms with Crippen LogP contribution in [-0.4, -0.2) is 42.8 Å². The first-order valence-corrected chi connectivity index (χ1v) is 10.9. The van der Waals surface area contributed by atoms with E-state index in [1.165, 1.54) is 6.42 Å². The minimum Gasteiger partial charge on any atom is -0.332 e. The van der Waals surface area contributed by atoms with Gasteiger partial charge >= 0.3 is 0 Å². The largest absolute Gasteiger partial charge is 0.332 e. The number of hydrogen-bond donors (Lipinski definition) is 0. The van der Waals surface area contributed by atoms with Crippen LogP contribution in [0.3, 0.4) is 0 Å². The molecule has 1 aliphatic heterocycles. The molecule has 0 aromatic heterocycles. The number of sulfone groups is 1. The fourth-order valence-electron chi connectivity index (χ4n) is 4.16. The third-order valence-electron chi connectivity index (χ3n) is 5.43. The Hall–Kier alpha value is -1.36. The summed E-state index contributed by atoms with van der Waals surface area (Å²) < 4.78 is 23.9. The lowest BCUT2D eigenvalue weighted by molar-refractivity contribution is 0.0540. The Morgan fingerprint density at radius 2 is 1.79 bits per heavy atom. The van der Waals surface area contributed by atoms with Gasteiger partial charge in [-0.05, 0) is 37.3 Å². The first-order valence-electron chi connectivity index (χ1n) is 9.13. The molecule has 1 atom stereocenters. The summed E-state index contributed by atoms with van der Waals surface area (Å²) in [4.78, 5) is 15.3. The Bertz CT molecular complexity index is 692. The van der Waals surface area contributed by atoms with Crippen molar-refractivity contribution in [3.8, 4) is 0 Å². The zero-order valence-corrected chi connectivity index (χ0v) is 15.2. The van der Waals surface area contributed by atoms with Crippen molar-refractivity contribution in [1.82, 2.24) is 4.90 Å². The van der Waals surface area contributed by atoms with E-state index in [9.17, 15) is 13.2 Å². The monoisotopic (exact) mass is 349 g/mol. The lowest BCUT2D eigenvalue weighted by atomic mass is 9.91. The van der Waals surface area contributed by atoms with Crippen LogP contribution in [0.15, 0.2) is 24.3 Å². The van der Waals surface area contributed by atoms with Crippen molar-refractivity contribution in [3.05, 3.63) is 35.4 Å².